The van der Waals surface area contributed by atoms with Crippen molar-refractivity contribution in [2.75, 3.05) is 26.7 Å². The minimum Gasteiger partial charge on any atom is -0.484 e. The Balaban J connectivity index is 0.00000450. The summed E-state index contributed by atoms with van der Waals surface area (Å²) in [5.41, 5.74) is 1.33. The molecule has 0 aliphatic carbocycles. The number of rotatable bonds is 8. The zero-order valence-corrected chi connectivity index (χ0v) is 18.5. The number of halogens is 4. The molecule has 1 aromatic carbocycles. The standard InChI is InChI=1S/C19H22F3N5O2.HI/c1-23-18(26-10-9-25-17(28)15-3-2-8-24-12-15)27-11-14-4-6-16(7-5-14)29-13-19(20,21)22;/h2-8,12H,9-11,13H2,1H3,(H,25,28)(H2,23,26,27);1H. The van der Waals surface area contributed by atoms with Crippen LogP contribution in [0.4, 0.5) is 13.2 Å². The van der Waals surface area contributed by atoms with E-state index in [1.54, 1.807) is 37.5 Å². The fraction of sp³-hybridized carbons (Fsp3) is 0.316. The summed E-state index contributed by atoms with van der Waals surface area (Å²) in [6, 6.07) is 9.66. The maximum Gasteiger partial charge on any atom is 0.422 e. The van der Waals surface area contributed by atoms with E-state index in [4.69, 9.17) is 0 Å². The van der Waals surface area contributed by atoms with Gasteiger partial charge in [-0.15, -0.1) is 24.0 Å². The SMILES string of the molecule is CN=C(NCCNC(=O)c1cccnc1)NCc1ccc(OCC(F)(F)F)cc1.I. The maximum absolute atomic E-state index is 12.1. The average molecular weight is 537 g/mol. The van der Waals surface area contributed by atoms with Crippen LogP contribution in [0.2, 0.25) is 0 Å². The number of aromatic nitrogens is 1. The third-order valence-corrected chi connectivity index (χ3v) is 3.64. The Morgan fingerprint density at radius 2 is 1.80 bits per heavy atom. The van der Waals surface area contributed by atoms with E-state index < -0.39 is 12.8 Å². The van der Waals surface area contributed by atoms with Crippen molar-refractivity contribution in [3.63, 3.8) is 0 Å². The Kier molecular flexibility index (Phi) is 10.9. The lowest BCUT2D eigenvalue weighted by Gasteiger charge is -2.13. The Morgan fingerprint density at radius 1 is 1.10 bits per heavy atom. The predicted molar refractivity (Wildman–Crippen MR) is 118 cm³/mol. The van der Waals surface area contributed by atoms with Crippen LogP contribution in [0.15, 0.2) is 53.8 Å². The Morgan fingerprint density at radius 3 is 2.40 bits per heavy atom. The zero-order chi connectivity index (χ0) is 21.1. The van der Waals surface area contributed by atoms with Crippen molar-refractivity contribution in [2.45, 2.75) is 12.7 Å². The number of amides is 1. The van der Waals surface area contributed by atoms with Crippen LogP contribution in [-0.4, -0.2) is 49.8 Å². The number of hydrogen-bond acceptors (Lipinski definition) is 4. The van der Waals surface area contributed by atoms with Crippen LogP contribution in [0.5, 0.6) is 5.75 Å². The molecule has 2 aromatic rings. The van der Waals surface area contributed by atoms with Gasteiger partial charge in [-0.3, -0.25) is 14.8 Å². The van der Waals surface area contributed by atoms with Gasteiger partial charge in [-0.05, 0) is 29.8 Å². The van der Waals surface area contributed by atoms with Gasteiger partial charge in [0, 0.05) is 39.1 Å². The summed E-state index contributed by atoms with van der Waals surface area (Å²) in [6.07, 6.45) is -1.28. The van der Waals surface area contributed by atoms with Gasteiger partial charge < -0.3 is 20.7 Å². The molecular formula is C19H23F3IN5O2. The van der Waals surface area contributed by atoms with Crippen molar-refractivity contribution < 1.29 is 22.7 Å². The first-order valence-electron chi connectivity index (χ1n) is 8.78. The molecule has 0 atom stereocenters. The molecule has 0 bridgehead atoms. The number of alkyl halides is 3. The van der Waals surface area contributed by atoms with Crippen LogP contribution >= 0.6 is 24.0 Å². The maximum atomic E-state index is 12.1. The molecule has 0 saturated heterocycles. The second-order valence-electron chi connectivity index (χ2n) is 5.90. The largest absolute Gasteiger partial charge is 0.484 e. The number of ether oxygens (including phenoxy) is 1. The minimum atomic E-state index is -4.37. The molecule has 2 rings (SSSR count). The number of pyridine rings is 1. The molecule has 3 N–H and O–H groups in total. The van der Waals surface area contributed by atoms with Crippen molar-refractivity contribution in [1.82, 2.24) is 20.9 Å². The van der Waals surface area contributed by atoms with Gasteiger partial charge in [0.05, 0.1) is 5.56 Å². The highest BCUT2D eigenvalue weighted by atomic mass is 127. The van der Waals surface area contributed by atoms with E-state index >= 15 is 0 Å². The fourth-order valence-corrected chi connectivity index (χ4v) is 2.23. The predicted octanol–water partition coefficient (Wildman–Crippen LogP) is 2.74. The minimum absolute atomic E-state index is 0. The van der Waals surface area contributed by atoms with Gasteiger partial charge in [-0.1, -0.05) is 12.1 Å². The van der Waals surface area contributed by atoms with Gasteiger partial charge in [0.25, 0.3) is 5.91 Å². The highest BCUT2D eigenvalue weighted by Crippen LogP contribution is 2.18. The summed E-state index contributed by atoms with van der Waals surface area (Å²) < 4.78 is 41.1. The number of aliphatic imine (C=N–C) groups is 1. The van der Waals surface area contributed by atoms with Gasteiger partial charge in [-0.2, -0.15) is 13.2 Å². The van der Waals surface area contributed by atoms with Gasteiger partial charge >= 0.3 is 6.18 Å². The summed E-state index contributed by atoms with van der Waals surface area (Å²) in [7, 11) is 1.61. The van der Waals surface area contributed by atoms with Gasteiger partial charge in [-0.25, -0.2) is 0 Å². The molecule has 1 aromatic heterocycles. The molecule has 11 heteroatoms. The van der Waals surface area contributed by atoms with Crippen molar-refractivity contribution in [3.05, 3.63) is 59.9 Å². The molecule has 0 aliphatic rings. The van der Waals surface area contributed by atoms with E-state index in [2.05, 4.69) is 30.7 Å². The third kappa shape index (κ3) is 9.76. The average Bonchev–Trinajstić information content (AvgIpc) is 2.72. The molecule has 1 amide bonds. The number of nitrogens with zero attached hydrogens (tertiary/aromatic N) is 2. The number of carbonyl (C=O) groups is 1. The summed E-state index contributed by atoms with van der Waals surface area (Å²) in [4.78, 5) is 19.9. The number of hydrogen-bond donors (Lipinski definition) is 3. The normalized spacial score (nSPS) is 11.3. The van der Waals surface area contributed by atoms with Crippen LogP contribution in [0.25, 0.3) is 0 Å². The number of guanidine groups is 1. The molecule has 0 fully saturated rings. The molecule has 30 heavy (non-hydrogen) atoms. The lowest BCUT2D eigenvalue weighted by atomic mass is 10.2. The molecule has 7 nitrogen and oxygen atoms in total. The van der Waals surface area contributed by atoms with Crippen LogP contribution in [0, 0.1) is 0 Å². The van der Waals surface area contributed by atoms with Crippen LogP contribution in [0.1, 0.15) is 15.9 Å². The highest BCUT2D eigenvalue weighted by Gasteiger charge is 2.28. The topological polar surface area (TPSA) is 87.6 Å². The molecule has 0 saturated carbocycles. The molecule has 0 unspecified atom stereocenters. The Bertz CT molecular complexity index is 802. The van der Waals surface area contributed by atoms with Crippen molar-refractivity contribution in [1.29, 1.82) is 0 Å². The Labute approximate surface area is 189 Å². The van der Waals surface area contributed by atoms with Gasteiger partial charge in [0.1, 0.15) is 5.75 Å². The van der Waals surface area contributed by atoms with E-state index in [0.29, 0.717) is 31.2 Å². The molecule has 164 valence electrons. The van der Waals surface area contributed by atoms with E-state index in [1.165, 1.54) is 18.3 Å². The number of carbonyl (C=O) groups excluding carboxylic acids is 1. The quantitative estimate of drug-likeness (QED) is 0.209. The first kappa shape index (κ1) is 25.5. The van der Waals surface area contributed by atoms with E-state index in [9.17, 15) is 18.0 Å². The molecule has 0 aliphatic heterocycles. The lowest BCUT2D eigenvalue weighted by Crippen LogP contribution is -2.41. The van der Waals surface area contributed by atoms with Crippen molar-refractivity contribution in [3.8, 4) is 5.75 Å². The molecule has 0 spiro atoms. The van der Waals surface area contributed by atoms with Gasteiger partial charge in [0.2, 0.25) is 0 Å². The van der Waals surface area contributed by atoms with Crippen molar-refractivity contribution >= 4 is 35.8 Å². The van der Waals surface area contributed by atoms with Gasteiger partial charge in [0.15, 0.2) is 12.6 Å². The molecular weight excluding hydrogens is 514 g/mol. The second-order valence-corrected chi connectivity index (χ2v) is 5.90. The zero-order valence-electron chi connectivity index (χ0n) is 16.2. The summed E-state index contributed by atoms with van der Waals surface area (Å²) >= 11 is 0. The van der Waals surface area contributed by atoms with E-state index in [0.717, 1.165) is 5.56 Å². The lowest BCUT2D eigenvalue weighted by molar-refractivity contribution is -0.153. The van der Waals surface area contributed by atoms with Crippen molar-refractivity contribution in [2.24, 2.45) is 4.99 Å². The number of benzene rings is 1. The first-order valence-corrected chi connectivity index (χ1v) is 8.78. The van der Waals surface area contributed by atoms with Crippen LogP contribution < -0.4 is 20.7 Å². The third-order valence-electron chi connectivity index (χ3n) is 3.64. The Hall–Kier alpha value is -2.57. The summed E-state index contributed by atoms with van der Waals surface area (Å²) in [5.74, 6) is 0.464. The fourth-order valence-electron chi connectivity index (χ4n) is 2.23. The number of nitrogens with one attached hydrogen (secondary N) is 3. The first-order chi connectivity index (χ1) is 13.9. The highest BCUT2D eigenvalue weighted by molar-refractivity contribution is 14.0. The second kappa shape index (κ2) is 12.9. The van der Waals surface area contributed by atoms with Crippen LogP contribution in [-0.2, 0) is 6.54 Å². The summed E-state index contributed by atoms with van der Waals surface area (Å²) in [5, 5.41) is 8.89. The molecule has 0 radical (unpaired) electrons. The smallest absolute Gasteiger partial charge is 0.422 e. The molecule has 1 heterocycles. The van der Waals surface area contributed by atoms with E-state index in [1.807, 2.05) is 0 Å². The van der Waals surface area contributed by atoms with Crippen LogP contribution in [0.3, 0.4) is 0 Å². The monoisotopic (exact) mass is 537 g/mol. The summed E-state index contributed by atoms with van der Waals surface area (Å²) in [6.45, 7) is -0.0602. The van der Waals surface area contributed by atoms with E-state index in [-0.39, 0.29) is 35.6 Å².